The molecular weight excluding hydrogens is 332 g/mol. The predicted molar refractivity (Wildman–Crippen MR) is 84.2 cm³/mol. The molecule has 2 heterocycles. The zero-order valence-electron chi connectivity index (χ0n) is 11.6. The van der Waals surface area contributed by atoms with E-state index in [9.17, 15) is 8.78 Å². The van der Waals surface area contributed by atoms with Crippen molar-refractivity contribution in [3.63, 3.8) is 0 Å². The minimum Gasteiger partial charge on any atom is -0.488 e. The topological polar surface area (TPSA) is 56.0 Å². The van der Waals surface area contributed by atoms with Crippen molar-refractivity contribution < 1.29 is 13.5 Å². The van der Waals surface area contributed by atoms with Crippen molar-refractivity contribution in [1.29, 1.82) is 0 Å². The van der Waals surface area contributed by atoms with Gasteiger partial charge in [0.2, 0.25) is 0 Å². The third-order valence-electron chi connectivity index (χ3n) is 3.62. The third-order valence-corrected chi connectivity index (χ3v) is 3.93. The van der Waals surface area contributed by atoms with Gasteiger partial charge < -0.3 is 20.0 Å². The number of fused-ring (bicyclic) bond motifs is 1. The zero-order chi connectivity index (χ0) is 15.0. The molecule has 2 aromatic rings. The van der Waals surface area contributed by atoms with Crippen molar-refractivity contribution >= 4 is 24.6 Å². The number of H-pyrrole nitrogens is 1. The molecule has 1 aromatic carbocycles. The van der Waals surface area contributed by atoms with Gasteiger partial charge in [0.15, 0.2) is 16.3 Å². The fourth-order valence-corrected chi connectivity index (χ4v) is 3.07. The lowest BCUT2D eigenvalue weighted by Crippen LogP contribution is -2.27. The summed E-state index contributed by atoms with van der Waals surface area (Å²) in [7, 11) is 0. The lowest BCUT2D eigenvalue weighted by molar-refractivity contribution is 0.210. The third kappa shape index (κ3) is 3.02. The highest BCUT2D eigenvalue weighted by atomic mass is 35.5. The molecule has 0 bridgehead atoms. The van der Waals surface area contributed by atoms with Gasteiger partial charge in [-0.3, -0.25) is 0 Å². The first-order valence-corrected chi connectivity index (χ1v) is 7.10. The van der Waals surface area contributed by atoms with Gasteiger partial charge in [-0.1, -0.05) is 0 Å². The van der Waals surface area contributed by atoms with Crippen molar-refractivity contribution in [2.24, 2.45) is 5.73 Å². The molecule has 1 aliphatic heterocycles. The summed E-state index contributed by atoms with van der Waals surface area (Å²) in [5.41, 5.74) is 7.08. The van der Waals surface area contributed by atoms with Crippen LogP contribution in [0.15, 0.2) is 18.3 Å². The van der Waals surface area contributed by atoms with E-state index in [1.54, 1.807) is 0 Å². The average molecular weight is 348 g/mol. The van der Waals surface area contributed by atoms with Crippen LogP contribution in [0.25, 0.3) is 0 Å². The summed E-state index contributed by atoms with van der Waals surface area (Å²) in [6.07, 6.45) is 2.96. The number of nitrogens with zero attached hydrogens (tertiary/aromatic N) is 1. The van der Waals surface area contributed by atoms with Crippen molar-refractivity contribution in [3.05, 3.63) is 46.0 Å². The highest BCUT2D eigenvalue weighted by Gasteiger charge is 2.26. The Kier molecular flexibility index (Phi) is 5.20. The molecule has 120 valence electrons. The molecule has 0 radical (unpaired) electrons. The maximum absolute atomic E-state index is 13.7. The van der Waals surface area contributed by atoms with Crippen LogP contribution in [0.5, 0.6) is 5.75 Å². The predicted octanol–water partition coefficient (Wildman–Crippen LogP) is 2.92. The molecule has 1 unspecified atom stereocenters. The molecule has 0 aliphatic carbocycles. The standard InChI is InChI=1S/C14H15F2N3OS.ClH/c15-9-3-8-4-11(7-20-13(8)12(16)5-9)19-10(1-2-17)6-18-14(19)21;/h3,5-6,11H,1-2,4,7,17H2,(H,18,21);1H. The van der Waals surface area contributed by atoms with E-state index in [4.69, 9.17) is 22.7 Å². The first-order valence-electron chi connectivity index (χ1n) is 6.69. The Morgan fingerprint density at radius 1 is 1.41 bits per heavy atom. The smallest absolute Gasteiger partial charge is 0.177 e. The number of imidazole rings is 1. The number of aromatic nitrogens is 2. The van der Waals surface area contributed by atoms with E-state index in [1.807, 2.05) is 10.8 Å². The van der Waals surface area contributed by atoms with Crippen molar-refractivity contribution in [2.75, 3.05) is 13.2 Å². The van der Waals surface area contributed by atoms with Gasteiger partial charge >= 0.3 is 0 Å². The number of nitrogens with two attached hydrogens (primary N) is 1. The highest BCUT2D eigenvalue weighted by molar-refractivity contribution is 7.71. The zero-order valence-corrected chi connectivity index (χ0v) is 13.3. The van der Waals surface area contributed by atoms with Crippen LogP contribution in [0.1, 0.15) is 17.3 Å². The van der Waals surface area contributed by atoms with Gasteiger partial charge in [-0.05, 0) is 24.8 Å². The Balaban J connectivity index is 0.00000176. The number of halogens is 3. The molecule has 3 rings (SSSR count). The molecule has 3 N–H and O–H groups in total. The Labute approximate surface area is 137 Å². The molecule has 1 aliphatic rings. The SMILES string of the molecule is Cl.NCCc1c[nH]c(=S)n1C1COc2c(F)cc(F)cc2C1. The van der Waals surface area contributed by atoms with Crippen LogP contribution in [0, 0.1) is 16.4 Å². The lowest BCUT2D eigenvalue weighted by atomic mass is 10.0. The molecule has 22 heavy (non-hydrogen) atoms. The lowest BCUT2D eigenvalue weighted by Gasteiger charge is -2.27. The normalized spacial score (nSPS) is 16.6. The molecule has 0 spiro atoms. The van der Waals surface area contributed by atoms with Gasteiger partial charge in [0, 0.05) is 36.4 Å². The average Bonchev–Trinajstić information content (AvgIpc) is 2.79. The van der Waals surface area contributed by atoms with E-state index in [0.717, 1.165) is 11.8 Å². The summed E-state index contributed by atoms with van der Waals surface area (Å²) in [4.78, 5) is 2.98. The van der Waals surface area contributed by atoms with Crippen LogP contribution in [0.4, 0.5) is 8.78 Å². The van der Waals surface area contributed by atoms with Crippen molar-refractivity contribution in [2.45, 2.75) is 18.9 Å². The van der Waals surface area contributed by atoms with Gasteiger partial charge in [0.25, 0.3) is 0 Å². The highest BCUT2D eigenvalue weighted by Crippen LogP contribution is 2.33. The van der Waals surface area contributed by atoms with Crippen LogP contribution >= 0.6 is 24.6 Å². The van der Waals surface area contributed by atoms with E-state index in [0.29, 0.717) is 36.3 Å². The number of ether oxygens (including phenoxy) is 1. The summed E-state index contributed by atoms with van der Waals surface area (Å²) in [6, 6.07) is 2.05. The summed E-state index contributed by atoms with van der Waals surface area (Å²) >= 11 is 5.28. The van der Waals surface area contributed by atoms with Crippen LogP contribution in [-0.4, -0.2) is 22.7 Å². The minimum atomic E-state index is -0.664. The molecular formula is C14H16ClF2N3OS. The molecule has 4 nitrogen and oxygen atoms in total. The largest absolute Gasteiger partial charge is 0.488 e. The molecule has 0 amide bonds. The molecule has 1 aromatic heterocycles. The number of nitrogens with one attached hydrogen (secondary N) is 1. The number of hydrogen-bond acceptors (Lipinski definition) is 3. The van der Waals surface area contributed by atoms with Gasteiger partial charge in [-0.2, -0.15) is 0 Å². The number of rotatable bonds is 3. The van der Waals surface area contributed by atoms with Crippen LogP contribution < -0.4 is 10.5 Å². The second-order valence-electron chi connectivity index (χ2n) is 5.04. The molecule has 0 saturated heterocycles. The summed E-state index contributed by atoms with van der Waals surface area (Å²) in [5.74, 6) is -1.13. The first-order chi connectivity index (χ1) is 10.1. The summed E-state index contributed by atoms with van der Waals surface area (Å²) < 4.78 is 35.0. The molecule has 0 fully saturated rings. The Hall–Kier alpha value is -1.44. The first kappa shape index (κ1) is 16.9. The maximum atomic E-state index is 13.7. The van der Waals surface area contributed by atoms with E-state index in [2.05, 4.69) is 4.98 Å². The van der Waals surface area contributed by atoms with E-state index < -0.39 is 11.6 Å². The number of hydrogen-bond donors (Lipinski definition) is 2. The van der Waals surface area contributed by atoms with E-state index >= 15 is 0 Å². The second kappa shape index (κ2) is 6.76. The second-order valence-corrected chi connectivity index (χ2v) is 5.43. The Morgan fingerprint density at radius 2 is 2.18 bits per heavy atom. The van der Waals surface area contributed by atoms with Gasteiger partial charge in [0.1, 0.15) is 12.4 Å². The van der Waals surface area contributed by atoms with E-state index in [-0.39, 0.29) is 24.2 Å². The summed E-state index contributed by atoms with van der Waals surface area (Å²) in [6.45, 7) is 0.791. The molecule has 1 atom stereocenters. The molecule has 8 heteroatoms. The van der Waals surface area contributed by atoms with E-state index in [1.165, 1.54) is 6.07 Å². The summed E-state index contributed by atoms with van der Waals surface area (Å²) in [5, 5.41) is 0. The number of aromatic amines is 1. The Morgan fingerprint density at radius 3 is 2.91 bits per heavy atom. The fourth-order valence-electron chi connectivity index (χ4n) is 2.74. The quantitative estimate of drug-likeness (QED) is 0.839. The van der Waals surface area contributed by atoms with Gasteiger partial charge in [-0.15, -0.1) is 12.4 Å². The van der Waals surface area contributed by atoms with Crippen LogP contribution in [0.3, 0.4) is 0 Å². The fraction of sp³-hybridized carbons (Fsp3) is 0.357. The van der Waals surface area contributed by atoms with Crippen LogP contribution in [0.2, 0.25) is 0 Å². The maximum Gasteiger partial charge on any atom is 0.177 e. The minimum absolute atomic E-state index is 0. The van der Waals surface area contributed by atoms with Gasteiger partial charge in [-0.25, -0.2) is 8.78 Å². The molecule has 0 saturated carbocycles. The number of benzene rings is 1. The van der Waals surface area contributed by atoms with Crippen molar-refractivity contribution in [3.8, 4) is 5.75 Å². The van der Waals surface area contributed by atoms with Gasteiger partial charge in [0.05, 0.1) is 6.04 Å². The van der Waals surface area contributed by atoms with Crippen molar-refractivity contribution in [1.82, 2.24) is 9.55 Å². The Bertz CT molecular complexity index is 731. The monoisotopic (exact) mass is 347 g/mol. The van der Waals surface area contributed by atoms with Crippen LogP contribution in [-0.2, 0) is 12.8 Å².